The number of nitrogens with zero attached hydrogens (tertiary/aromatic N) is 5. The Morgan fingerprint density at radius 3 is 2.47 bits per heavy atom. The summed E-state index contributed by atoms with van der Waals surface area (Å²) in [6, 6.07) is 9.79. The molecule has 3 rings (SSSR count). The van der Waals surface area contributed by atoms with E-state index in [9.17, 15) is 4.79 Å². The summed E-state index contributed by atoms with van der Waals surface area (Å²) in [7, 11) is 1.78. The quantitative estimate of drug-likeness (QED) is 0.591. The number of hydrogen-bond acceptors (Lipinski definition) is 4. The van der Waals surface area contributed by atoms with E-state index >= 15 is 0 Å². The third-order valence-electron chi connectivity index (χ3n) is 5.20. The van der Waals surface area contributed by atoms with Crippen LogP contribution in [-0.2, 0) is 25.2 Å². The smallest absolute Gasteiger partial charge is 0.274 e. The zero-order valence-electron chi connectivity index (χ0n) is 18.7. The Bertz CT molecular complexity index is 996. The van der Waals surface area contributed by atoms with Gasteiger partial charge in [0, 0.05) is 37.6 Å². The molecule has 30 heavy (non-hydrogen) atoms. The van der Waals surface area contributed by atoms with Crippen LogP contribution in [0, 0.1) is 6.92 Å². The molecule has 0 spiro atoms. The molecule has 1 aromatic carbocycles. The fraction of sp³-hybridized carbons (Fsp3) is 0.435. The van der Waals surface area contributed by atoms with Gasteiger partial charge in [0.25, 0.3) is 5.91 Å². The molecule has 7 nitrogen and oxygen atoms in total. The van der Waals surface area contributed by atoms with Gasteiger partial charge in [0.05, 0.1) is 6.20 Å². The third kappa shape index (κ3) is 4.90. The molecule has 0 radical (unpaired) electrons. The molecular formula is C23H31N5O2. The summed E-state index contributed by atoms with van der Waals surface area (Å²) < 4.78 is 9.35. The zero-order chi connectivity index (χ0) is 21.9. The van der Waals surface area contributed by atoms with Crippen LogP contribution < -0.4 is 4.74 Å². The number of rotatable bonds is 7. The van der Waals surface area contributed by atoms with Gasteiger partial charge in [-0.1, -0.05) is 32.9 Å². The fourth-order valence-corrected chi connectivity index (χ4v) is 3.22. The van der Waals surface area contributed by atoms with E-state index in [1.54, 1.807) is 28.9 Å². The number of carbonyl (C=O) groups excluding carboxylic acids is 1. The molecule has 0 N–H and O–H groups in total. The van der Waals surface area contributed by atoms with Crippen LogP contribution in [0.4, 0.5) is 0 Å². The summed E-state index contributed by atoms with van der Waals surface area (Å²) in [4.78, 5) is 14.4. The lowest BCUT2D eigenvalue weighted by atomic mass is 9.87. The Hall–Kier alpha value is -3.09. The predicted molar refractivity (Wildman–Crippen MR) is 116 cm³/mol. The summed E-state index contributed by atoms with van der Waals surface area (Å²) >= 11 is 0. The van der Waals surface area contributed by atoms with E-state index < -0.39 is 0 Å². The standard InChI is InChI=1S/C23H31N5O2/c1-7-28-17(2)18(14-24-28)15-26(6)22(29)21-12-13-27(25-21)16-30-20-10-8-19(9-11-20)23(3,4)5/h8-14H,7,15-16H2,1-6H3. The first kappa shape index (κ1) is 21.6. The maximum Gasteiger partial charge on any atom is 0.274 e. The normalized spacial score (nSPS) is 11.5. The maximum absolute atomic E-state index is 12.7. The maximum atomic E-state index is 12.7. The van der Waals surface area contributed by atoms with Crippen molar-refractivity contribution in [1.82, 2.24) is 24.5 Å². The van der Waals surface area contributed by atoms with Crippen molar-refractivity contribution in [3.05, 3.63) is 65.2 Å². The Morgan fingerprint density at radius 2 is 1.87 bits per heavy atom. The van der Waals surface area contributed by atoms with Crippen LogP contribution in [0.25, 0.3) is 0 Å². The Kier molecular flexibility index (Phi) is 6.29. The fourth-order valence-electron chi connectivity index (χ4n) is 3.22. The van der Waals surface area contributed by atoms with E-state index in [1.807, 2.05) is 36.9 Å². The van der Waals surface area contributed by atoms with Gasteiger partial charge >= 0.3 is 0 Å². The van der Waals surface area contributed by atoms with Crippen LogP contribution in [0.3, 0.4) is 0 Å². The van der Waals surface area contributed by atoms with Crippen molar-refractivity contribution < 1.29 is 9.53 Å². The molecule has 0 unspecified atom stereocenters. The molecule has 0 fully saturated rings. The summed E-state index contributed by atoms with van der Waals surface area (Å²) in [5.74, 6) is 0.638. The molecule has 7 heteroatoms. The van der Waals surface area contributed by atoms with E-state index in [2.05, 4.69) is 43.1 Å². The summed E-state index contributed by atoms with van der Waals surface area (Å²) in [5, 5.41) is 8.71. The summed E-state index contributed by atoms with van der Waals surface area (Å²) in [5.41, 5.74) is 3.87. The van der Waals surface area contributed by atoms with Crippen molar-refractivity contribution in [1.29, 1.82) is 0 Å². The average Bonchev–Trinajstić information content (AvgIpc) is 3.32. The van der Waals surface area contributed by atoms with Crippen LogP contribution >= 0.6 is 0 Å². The first-order chi connectivity index (χ1) is 14.2. The van der Waals surface area contributed by atoms with Crippen LogP contribution in [0.15, 0.2) is 42.7 Å². The number of aryl methyl sites for hydroxylation is 1. The Balaban J connectivity index is 1.58. The zero-order valence-corrected chi connectivity index (χ0v) is 18.7. The average molecular weight is 410 g/mol. The van der Waals surface area contributed by atoms with Gasteiger partial charge in [0.2, 0.25) is 0 Å². The molecule has 0 aliphatic rings. The number of carbonyl (C=O) groups is 1. The topological polar surface area (TPSA) is 65.2 Å². The van der Waals surface area contributed by atoms with Crippen molar-refractivity contribution >= 4 is 5.91 Å². The van der Waals surface area contributed by atoms with E-state index in [0.717, 1.165) is 23.6 Å². The number of hydrogen-bond donors (Lipinski definition) is 0. The second-order valence-electron chi connectivity index (χ2n) is 8.52. The van der Waals surface area contributed by atoms with Crippen LogP contribution in [-0.4, -0.2) is 37.4 Å². The lowest BCUT2D eigenvalue weighted by Crippen LogP contribution is -2.27. The molecule has 0 saturated heterocycles. The second kappa shape index (κ2) is 8.73. The molecule has 0 atom stereocenters. The van der Waals surface area contributed by atoms with E-state index in [4.69, 9.17) is 4.74 Å². The minimum absolute atomic E-state index is 0.107. The second-order valence-corrected chi connectivity index (χ2v) is 8.52. The van der Waals surface area contributed by atoms with Gasteiger partial charge in [-0.05, 0) is 43.0 Å². The molecule has 0 aliphatic heterocycles. The van der Waals surface area contributed by atoms with Gasteiger partial charge < -0.3 is 9.64 Å². The van der Waals surface area contributed by atoms with Gasteiger partial charge in [-0.3, -0.25) is 9.48 Å². The third-order valence-corrected chi connectivity index (χ3v) is 5.20. The highest BCUT2D eigenvalue weighted by Gasteiger charge is 2.17. The first-order valence-corrected chi connectivity index (χ1v) is 10.2. The Labute approximate surface area is 178 Å². The van der Waals surface area contributed by atoms with Crippen molar-refractivity contribution in [2.24, 2.45) is 0 Å². The van der Waals surface area contributed by atoms with Crippen LogP contribution in [0.2, 0.25) is 0 Å². The van der Waals surface area contributed by atoms with Gasteiger partial charge in [-0.15, -0.1) is 0 Å². The monoisotopic (exact) mass is 409 g/mol. The minimum Gasteiger partial charge on any atom is -0.471 e. The predicted octanol–water partition coefficient (Wildman–Crippen LogP) is 4.01. The van der Waals surface area contributed by atoms with Crippen LogP contribution in [0.5, 0.6) is 5.75 Å². The number of aromatic nitrogens is 4. The lowest BCUT2D eigenvalue weighted by molar-refractivity contribution is 0.0777. The van der Waals surface area contributed by atoms with Crippen molar-refractivity contribution in [3.63, 3.8) is 0 Å². The van der Waals surface area contributed by atoms with Crippen molar-refractivity contribution in [2.75, 3.05) is 7.05 Å². The lowest BCUT2D eigenvalue weighted by Gasteiger charge is -2.19. The molecule has 0 aliphatic carbocycles. The number of benzene rings is 1. The molecule has 0 bridgehead atoms. The first-order valence-electron chi connectivity index (χ1n) is 10.2. The molecule has 2 heterocycles. The van der Waals surface area contributed by atoms with Gasteiger partial charge in [-0.2, -0.15) is 10.2 Å². The Morgan fingerprint density at radius 1 is 1.17 bits per heavy atom. The molecule has 2 aromatic heterocycles. The SMILES string of the molecule is CCn1ncc(CN(C)C(=O)c2ccn(COc3ccc(C(C)(C)C)cc3)n2)c1C. The molecule has 3 aromatic rings. The van der Waals surface area contributed by atoms with Gasteiger partial charge in [0.1, 0.15) is 5.75 Å². The highest BCUT2D eigenvalue weighted by Crippen LogP contribution is 2.24. The highest BCUT2D eigenvalue weighted by atomic mass is 16.5. The highest BCUT2D eigenvalue weighted by molar-refractivity contribution is 5.91. The van der Waals surface area contributed by atoms with Crippen molar-refractivity contribution in [2.45, 2.75) is 59.9 Å². The van der Waals surface area contributed by atoms with E-state index in [0.29, 0.717) is 12.2 Å². The van der Waals surface area contributed by atoms with Crippen LogP contribution in [0.1, 0.15) is 55.0 Å². The summed E-state index contributed by atoms with van der Waals surface area (Å²) in [6.07, 6.45) is 3.57. The van der Waals surface area contributed by atoms with E-state index in [-0.39, 0.29) is 18.1 Å². The number of amides is 1. The largest absolute Gasteiger partial charge is 0.471 e. The number of ether oxygens (including phenoxy) is 1. The van der Waals surface area contributed by atoms with E-state index in [1.165, 1.54) is 5.56 Å². The molecular weight excluding hydrogens is 378 g/mol. The summed E-state index contributed by atoms with van der Waals surface area (Å²) in [6.45, 7) is 12.2. The molecule has 1 amide bonds. The van der Waals surface area contributed by atoms with Gasteiger partial charge in [-0.25, -0.2) is 4.68 Å². The molecule has 160 valence electrons. The van der Waals surface area contributed by atoms with Crippen molar-refractivity contribution in [3.8, 4) is 5.75 Å². The molecule has 0 saturated carbocycles. The van der Waals surface area contributed by atoms with Gasteiger partial charge in [0.15, 0.2) is 12.4 Å². The minimum atomic E-state index is -0.132.